The highest BCUT2D eigenvalue weighted by molar-refractivity contribution is 5.72. The number of aliphatic carboxylic acids is 1. The number of hydrogen-bond donors (Lipinski definition) is 3. The monoisotopic (exact) mass is 370 g/mol. The van der Waals surface area contributed by atoms with Gasteiger partial charge in [-0.2, -0.15) is 0 Å². The second-order valence-corrected chi connectivity index (χ2v) is 8.02. The summed E-state index contributed by atoms with van der Waals surface area (Å²) in [7, 11) is 0. The summed E-state index contributed by atoms with van der Waals surface area (Å²) >= 11 is 0. The summed E-state index contributed by atoms with van der Waals surface area (Å²) in [6.45, 7) is 2.27. The molecule has 0 aromatic carbocycles. The zero-order valence-electron chi connectivity index (χ0n) is 17.4. The molecule has 5 N–H and O–H groups in total. The van der Waals surface area contributed by atoms with Crippen molar-refractivity contribution in [3.63, 3.8) is 0 Å². The van der Waals surface area contributed by atoms with Gasteiger partial charge in [-0.3, -0.25) is 4.79 Å². The standard InChI is InChI=1S/C22H46N2O2/c1-2-3-4-5-6-7-8-9-10-11-12-13-14-15-17-20(23)18-16-19-21(24)22(25)26/h20-21H,2-19,23-24H2,1H3,(H,25,26)/t20?,21-/m0/s1. The van der Waals surface area contributed by atoms with Crippen LogP contribution in [0.3, 0.4) is 0 Å². The molecule has 0 aromatic rings. The third-order valence-corrected chi connectivity index (χ3v) is 5.34. The number of carboxylic acids is 1. The molecule has 0 amide bonds. The van der Waals surface area contributed by atoms with E-state index in [1.807, 2.05) is 0 Å². The molecule has 0 aliphatic rings. The summed E-state index contributed by atoms with van der Waals surface area (Å²) in [4.78, 5) is 10.6. The van der Waals surface area contributed by atoms with Crippen LogP contribution in [-0.2, 0) is 4.79 Å². The fourth-order valence-corrected chi connectivity index (χ4v) is 3.47. The molecule has 0 aliphatic heterocycles. The normalized spacial score (nSPS) is 13.7. The molecule has 0 bridgehead atoms. The number of nitrogens with two attached hydrogens (primary N) is 2. The van der Waals surface area contributed by atoms with E-state index < -0.39 is 12.0 Å². The lowest BCUT2D eigenvalue weighted by atomic mass is 10.0. The topological polar surface area (TPSA) is 89.3 Å². The van der Waals surface area contributed by atoms with Crippen molar-refractivity contribution in [2.45, 2.75) is 135 Å². The zero-order valence-corrected chi connectivity index (χ0v) is 17.4. The van der Waals surface area contributed by atoms with E-state index in [4.69, 9.17) is 16.6 Å². The van der Waals surface area contributed by atoms with Gasteiger partial charge in [-0.15, -0.1) is 0 Å². The van der Waals surface area contributed by atoms with Gasteiger partial charge in [-0.25, -0.2) is 0 Å². The van der Waals surface area contributed by atoms with Gasteiger partial charge in [-0.1, -0.05) is 96.8 Å². The second-order valence-electron chi connectivity index (χ2n) is 8.02. The molecular weight excluding hydrogens is 324 g/mol. The molecule has 26 heavy (non-hydrogen) atoms. The van der Waals surface area contributed by atoms with E-state index in [1.54, 1.807) is 0 Å². The fraction of sp³-hybridized carbons (Fsp3) is 0.955. The van der Waals surface area contributed by atoms with E-state index in [-0.39, 0.29) is 6.04 Å². The maximum absolute atomic E-state index is 10.6. The van der Waals surface area contributed by atoms with E-state index in [1.165, 1.54) is 89.9 Å². The lowest BCUT2D eigenvalue weighted by molar-refractivity contribution is -0.138. The van der Waals surface area contributed by atoms with Gasteiger partial charge in [0.25, 0.3) is 0 Å². The van der Waals surface area contributed by atoms with Crippen molar-refractivity contribution in [2.75, 3.05) is 0 Å². The Balaban J connectivity index is 3.19. The molecule has 2 atom stereocenters. The summed E-state index contributed by atoms with van der Waals surface area (Å²) in [5.74, 6) is -0.912. The highest BCUT2D eigenvalue weighted by Crippen LogP contribution is 2.14. The number of carboxylic acid groups (broad SMARTS) is 1. The van der Waals surface area contributed by atoms with Gasteiger partial charge >= 0.3 is 5.97 Å². The molecule has 0 rings (SSSR count). The second kappa shape index (κ2) is 19.2. The lowest BCUT2D eigenvalue weighted by Crippen LogP contribution is -2.30. The molecule has 0 saturated carbocycles. The first-order valence-electron chi connectivity index (χ1n) is 11.3. The highest BCUT2D eigenvalue weighted by atomic mass is 16.4. The van der Waals surface area contributed by atoms with Crippen LogP contribution in [0.2, 0.25) is 0 Å². The van der Waals surface area contributed by atoms with E-state index in [9.17, 15) is 4.79 Å². The molecule has 0 spiro atoms. The van der Waals surface area contributed by atoms with Crippen molar-refractivity contribution < 1.29 is 9.90 Å². The zero-order chi connectivity index (χ0) is 19.5. The largest absolute Gasteiger partial charge is 0.480 e. The minimum Gasteiger partial charge on any atom is -0.480 e. The summed E-state index contributed by atoms with van der Waals surface area (Å²) < 4.78 is 0. The Morgan fingerprint density at radius 2 is 1.04 bits per heavy atom. The van der Waals surface area contributed by atoms with Crippen LogP contribution in [0, 0.1) is 0 Å². The van der Waals surface area contributed by atoms with Crippen LogP contribution in [0.4, 0.5) is 0 Å². The lowest BCUT2D eigenvalue weighted by Gasteiger charge is -2.12. The van der Waals surface area contributed by atoms with Gasteiger partial charge in [-0.05, 0) is 25.7 Å². The maximum atomic E-state index is 10.6. The first-order chi connectivity index (χ1) is 12.6. The average molecular weight is 371 g/mol. The third kappa shape index (κ3) is 18.2. The van der Waals surface area contributed by atoms with Crippen LogP contribution >= 0.6 is 0 Å². The van der Waals surface area contributed by atoms with E-state index in [0.717, 1.165) is 19.3 Å². The van der Waals surface area contributed by atoms with Crippen molar-refractivity contribution >= 4 is 5.97 Å². The van der Waals surface area contributed by atoms with Gasteiger partial charge in [0.2, 0.25) is 0 Å². The van der Waals surface area contributed by atoms with Crippen molar-refractivity contribution in [1.82, 2.24) is 0 Å². The van der Waals surface area contributed by atoms with Gasteiger partial charge in [0, 0.05) is 6.04 Å². The molecule has 0 heterocycles. The molecule has 4 nitrogen and oxygen atoms in total. The summed E-state index contributed by atoms with van der Waals surface area (Å²) in [6, 6.07) is -0.531. The van der Waals surface area contributed by atoms with Crippen LogP contribution in [0.15, 0.2) is 0 Å². The Bertz CT molecular complexity index is 311. The Hall–Kier alpha value is -0.610. The quantitative estimate of drug-likeness (QED) is 0.237. The van der Waals surface area contributed by atoms with Crippen LogP contribution in [0.25, 0.3) is 0 Å². The summed E-state index contributed by atoms with van der Waals surface area (Å²) in [5.41, 5.74) is 11.6. The Morgan fingerprint density at radius 3 is 1.46 bits per heavy atom. The van der Waals surface area contributed by atoms with Gasteiger partial charge in [0.15, 0.2) is 0 Å². The highest BCUT2D eigenvalue weighted by Gasteiger charge is 2.11. The Labute approximate surface area is 162 Å². The molecule has 0 radical (unpaired) electrons. The molecule has 156 valence electrons. The minimum absolute atomic E-state index is 0.202. The van der Waals surface area contributed by atoms with Crippen LogP contribution in [-0.4, -0.2) is 23.2 Å². The number of hydrogen-bond acceptors (Lipinski definition) is 3. The molecule has 4 heteroatoms. The molecular formula is C22H46N2O2. The van der Waals surface area contributed by atoms with Crippen molar-refractivity contribution in [1.29, 1.82) is 0 Å². The third-order valence-electron chi connectivity index (χ3n) is 5.34. The van der Waals surface area contributed by atoms with Crippen LogP contribution in [0.1, 0.15) is 122 Å². The number of rotatable bonds is 20. The first kappa shape index (κ1) is 25.4. The van der Waals surface area contributed by atoms with Crippen molar-refractivity contribution in [3.8, 4) is 0 Å². The fourth-order valence-electron chi connectivity index (χ4n) is 3.47. The van der Waals surface area contributed by atoms with Crippen LogP contribution < -0.4 is 11.5 Å². The Kier molecular flexibility index (Phi) is 18.7. The van der Waals surface area contributed by atoms with E-state index in [2.05, 4.69) is 6.92 Å². The van der Waals surface area contributed by atoms with Crippen LogP contribution in [0.5, 0.6) is 0 Å². The SMILES string of the molecule is CCCCCCCCCCCCCCCCC(N)CCC[C@H](N)C(=O)O. The molecule has 0 aromatic heterocycles. The molecule has 0 aliphatic carbocycles. The predicted octanol–water partition coefficient (Wildman–Crippen LogP) is 5.77. The summed E-state index contributed by atoms with van der Waals surface area (Å²) in [6.07, 6.45) is 22.5. The maximum Gasteiger partial charge on any atom is 0.320 e. The van der Waals surface area contributed by atoms with E-state index in [0.29, 0.717) is 6.42 Å². The minimum atomic E-state index is -0.912. The van der Waals surface area contributed by atoms with Gasteiger partial charge in [0.05, 0.1) is 0 Å². The molecule has 0 saturated heterocycles. The van der Waals surface area contributed by atoms with Crippen molar-refractivity contribution in [3.05, 3.63) is 0 Å². The summed E-state index contributed by atoms with van der Waals surface area (Å²) in [5, 5.41) is 8.74. The smallest absolute Gasteiger partial charge is 0.320 e. The molecule has 1 unspecified atom stereocenters. The first-order valence-corrected chi connectivity index (χ1v) is 11.3. The van der Waals surface area contributed by atoms with Gasteiger partial charge in [0.1, 0.15) is 6.04 Å². The van der Waals surface area contributed by atoms with E-state index >= 15 is 0 Å². The molecule has 0 fully saturated rings. The Morgan fingerprint density at radius 1 is 0.654 bits per heavy atom. The van der Waals surface area contributed by atoms with Crippen molar-refractivity contribution in [2.24, 2.45) is 11.5 Å². The average Bonchev–Trinajstić information content (AvgIpc) is 2.61. The van der Waals surface area contributed by atoms with Gasteiger partial charge < -0.3 is 16.6 Å². The number of carbonyl (C=O) groups is 1. The predicted molar refractivity (Wildman–Crippen MR) is 112 cm³/mol. The number of unbranched alkanes of at least 4 members (excludes halogenated alkanes) is 13.